The van der Waals surface area contributed by atoms with Gasteiger partial charge in [0.05, 0.1) is 22.7 Å². The number of carbonyl (C=O) groups is 3. The number of carboxylic acids is 2. The van der Waals surface area contributed by atoms with Gasteiger partial charge in [0.1, 0.15) is 0 Å². The largest absolute Gasteiger partial charge is 0.478 e. The molecule has 0 bridgehead atoms. The van der Waals surface area contributed by atoms with E-state index in [1.165, 1.54) is 24.5 Å². The van der Waals surface area contributed by atoms with Crippen LogP contribution in [0.3, 0.4) is 0 Å². The minimum Gasteiger partial charge on any atom is -0.478 e. The summed E-state index contributed by atoms with van der Waals surface area (Å²) in [6.07, 6.45) is 6.44. The third-order valence-corrected chi connectivity index (χ3v) is 6.03. The van der Waals surface area contributed by atoms with Crippen LogP contribution in [-0.2, 0) is 0 Å². The molecule has 0 saturated carbocycles. The standard InChI is InChI=1S/C27H27N5O5/c33-24(22-8-4-5-9-23(22)26(36)37)30-21(11-10-19-6-2-1-3-7-19)18-31-12-14-32(15-13-31)27-28-16-20(17-29-27)25(34)35/h1-11,16-17,21H,12-15,18H2,(H,30,33)(H,34,35)(H,36,37)/b11-10+. The molecule has 190 valence electrons. The van der Waals surface area contributed by atoms with Gasteiger partial charge in [0, 0.05) is 45.1 Å². The van der Waals surface area contributed by atoms with E-state index in [1.807, 2.05) is 47.4 Å². The molecule has 1 aliphatic rings. The number of aromatic carboxylic acids is 2. The summed E-state index contributed by atoms with van der Waals surface area (Å²) >= 11 is 0. The number of hydrogen-bond acceptors (Lipinski definition) is 7. The molecular weight excluding hydrogens is 474 g/mol. The summed E-state index contributed by atoms with van der Waals surface area (Å²) in [7, 11) is 0. The molecule has 3 aromatic rings. The molecule has 1 fully saturated rings. The van der Waals surface area contributed by atoms with Gasteiger partial charge in [0.25, 0.3) is 5.91 Å². The molecule has 2 aromatic carbocycles. The fourth-order valence-electron chi connectivity index (χ4n) is 4.06. The number of hydrogen-bond donors (Lipinski definition) is 3. The maximum atomic E-state index is 13.1. The second-order valence-electron chi connectivity index (χ2n) is 8.57. The first kappa shape index (κ1) is 25.5. The van der Waals surface area contributed by atoms with Crippen molar-refractivity contribution in [3.8, 4) is 0 Å². The van der Waals surface area contributed by atoms with Crippen LogP contribution in [0.4, 0.5) is 5.95 Å². The Balaban J connectivity index is 1.44. The highest BCUT2D eigenvalue weighted by Gasteiger charge is 2.23. The van der Waals surface area contributed by atoms with Crippen molar-refractivity contribution < 1.29 is 24.6 Å². The van der Waals surface area contributed by atoms with Crippen molar-refractivity contribution >= 4 is 29.9 Å². The topological polar surface area (TPSA) is 136 Å². The van der Waals surface area contributed by atoms with Crippen molar-refractivity contribution in [3.63, 3.8) is 0 Å². The van der Waals surface area contributed by atoms with Gasteiger partial charge >= 0.3 is 11.9 Å². The number of rotatable bonds is 9. The van der Waals surface area contributed by atoms with Crippen LogP contribution < -0.4 is 10.2 Å². The van der Waals surface area contributed by atoms with Gasteiger partial charge < -0.3 is 20.4 Å². The minimum atomic E-state index is -1.16. The highest BCUT2D eigenvalue weighted by Crippen LogP contribution is 2.14. The van der Waals surface area contributed by atoms with Crippen LogP contribution in [0, 0.1) is 0 Å². The Morgan fingerprint density at radius 3 is 2.11 bits per heavy atom. The molecule has 1 aromatic heterocycles. The van der Waals surface area contributed by atoms with Crippen LogP contribution >= 0.6 is 0 Å². The van der Waals surface area contributed by atoms with E-state index in [1.54, 1.807) is 12.1 Å². The molecule has 10 nitrogen and oxygen atoms in total. The highest BCUT2D eigenvalue weighted by atomic mass is 16.4. The Labute approximate surface area is 213 Å². The SMILES string of the molecule is O=C(O)c1cnc(N2CCN(CC(/C=C/c3ccccc3)NC(=O)c3ccccc3C(=O)O)CC2)nc1. The Kier molecular flexibility index (Phi) is 8.22. The molecule has 1 amide bonds. The lowest BCUT2D eigenvalue weighted by Gasteiger charge is -2.36. The summed E-state index contributed by atoms with van der Waals surface area (Å²) in [6.45, 7) is 3.16. The zero-order chi connectivity index (χ0) is 26.2. The van der Waals surface area contributed by atoms with Gasteiger partial charge in [-0.3, -0.25) is 9.69 Å². The molecule has 0 aliphatic carbocycles. The van der Waals surface area contributed by atoms with Gasteiger partial charge in [-0.15, -0.1) is 0 Å². The Bertz CT molecular complexity index is 1270. The van der Waals surface area contributed by atoms with E-state index in [-0.39, 0.29) is 22.7 Å². The van der Waals surface area contributed by atoms with Crippen LogP contribution in [0.15, 0.2) is 73.1 Å². The Morgan fingerprint density at radius 1 is 0.865 bits per heavy atom. The quantitative estimate of drug-likeness (QED) is 0.404. The molecule has 1 unspecified atom stereocenters. The second kappa shape index (κ2) is 11.9. The summed E-state index contributed by atoms with van der Waals surface area (Å²) in [5.41, 5.74) is 1.09. The molecule has 4 rings (SSSR count). The number of anilines is 1. The zero-order valence-corrected chi connectivity index (χ0v) is 20.0. The molecule has 2 heterocycles. The van der Waals surface area contributed by atoms with Gasteiger partial charge in [0.15, 0.2) is 0 Å². The summed E-state index contributed by atoms with van der Waals surface area (Å²) in [4.78, 5) is 48.2. The summed E-state index contributed by atoms with van der Waals surface area (Å²) in [5, 5.41) is 21.5. The van der Waals surface area contributed by atoms with E-state index in [2.05, 4.69) is 20.2 Å². The van der Waals surface area contributed by atoms with Gasteiger partial charge in [0.2, 0.25) is 5.95 Å². The molecule has 37 heavy (non-hydrogen) atoms. The van der Waals surface area contributed by atoms with Crippen molar-refractivity contribution in [1.82, 2.24) is 20.2 Å². The highest BCUT2D eigenvalue weighted by molar-refractivity contribution is 6.04. The normalized spacial score (nSPS) is 14.9. The lowest BCUT2D eigenvalue weighted by molar-refractivity contribution is 0.0683. The van der Waals surface area contributed by atoms with Crippen LogP contribution in [0.2, 0.25) is 0 Å². The first-order valence-electron chi connectivity index (χ1n) is 11.8. The van der Waals surface area contributed by atoms with E-state index in [0.717, 1.165) is 5.56 Å². The fraction of sp³-hybridized carbons (Fsp3) is 0.222. The second-order valence-corrected chi connectivity index (χ2v) is 8.57. The van der Waals surface area contributed by atoms with Crippen molar-refractivity contribution in [2.45, 2.75) is 6.04 Å². The van der Waals surface area contributed by atoms with Crippen molar-refractivity contribution in [1.29, 1.82) is 0 Å². The van der Waals surface area contributed by atoms with Gasteiger partial charge in [-0.05, 0) is 17.7 Å². The zero-order valence-electron chi connectivity index (χ0n) is 20.0. The Morgan fingerprint density at radius 2 is 1.49 bits per heavy atom. The summed E-state index contributed by atoms with van der Waals surface area (Å²) < 4.78 is 0. The molecule has 0 spiro atoms. The van der Waals surface area contributed by atoms with Crippen molar-refractivity contribution in [3.05, 3.63) is 95.3 Å². The van der Waals surface area contributed by atoms with Crippen LogP contribution in [0.5, 0.6) is 0 Å². The fourth-order valence-corrected chi connectivity index (χ4v) is 4.06. The number of carbonyl (C=O) groups excluding carboxylic acids is 1. The van der Waals surface area contributed by atoms with Crippen molar-refractivity contribution in [2.75, 3.05) is 37.6 Å². The minimum absolute atomic E-state index is 0.0376. The van der Waals surface area contributed by atoms with E-state index in [0.29, 0.717) is 38.7 Å². The Hall–Kier alpha value is -4.57. The predicted molar refractivity (Wildman–Crippen MR) is 138 cm³/mol. The lowest BCUT2D eigenvalue weighted by atomic mass is 10.1. The number of nitrogens with one attached hydrogen (secondary N) is 1. The van der Waals surface area contributed by atoms with Crippen LogP contribution in [0.25, 0.3) is 6.08 Å². The van der Waals surface area contributed by atoms with Gasteiger partial charge in [-0.1, -0.05) is 54.6 Å². The van der Waals surface area contributed by atoms with Gasteiger partial charge in [-0.2, -0.15) is 0 Å². The van der Waals surface area contributed by atoms with Gasteiger partial charge in [-0.25, -0.2) is 19.6 Å². The molecule has 10 heteroatoms. The molecule has 1 aliphatic heterocycles. The molecule has 1 atom stereocenters. The number of amides is 1. The third kappa shape index (κ3) is 6.77. The molecule has 0 radical (unpaired) electrons. The predicted octanol–water partition coefficient (Wildman–Crippen LogP) is 2.51. The van der Waals surface area contributed by atoms with E-state index in [9.17, 15) is 19.5 Å². The van der Waals surface area contributed by atoms with Crippen LogP contribution in [-0.4, -0.2) is 81.7 Å². The monoisotopic (exact) mass is 501 g/mol. The molecular formula is C27H27N5O5. The van der Waals surface area contributed by atoms with E-state index >= 15 is 0 Å². The number of benzene rings is 2. The maximum Gasteiger partial charge on any atom is 0.338 e. The lowest BCUT2D eigenvalue weighted by Crippen LogP contribution is -2.51. The molecule has 3 N–H and O–H groups in total. The summed E-state index contributed by atoms with van der Waals surface area (Å²) in [6, 6.07) is 15.5. The van der Waals surface area contributed by atoms with Crippen LogP contribution in [0.1, 0.15) is 36.6 Å². The smallest absolute Gasteiger partial charge is 0.338 e. The third-order valence-electron chi connectivity index (χ3n) is 6.03. The van der Waals surface area contributed by atoms with Crippen molar-refractivity contribution in [2.24, 2.45) is 0 Å². The molecule has 1 saturated heterocycles. The number of aromatic nitrogens is 2. The number of nitrogens with zero attached hydrogens (tertiary/aromatic N) is 4. The maximum absolute atomic E-state index is 13.1. The number of carboxylic acid groups (broad SMARTS) is 2. The average Bonchev–Trinajstić information content (AvgIpc) is 2.92. The average molecular weight is 502 g/mol. The number of piperazine rings is 1. The first-order chi connectivity index (χ1) is 17.9. The van der Waals surface area contributed by atoms with E-state index < -0.39 is 17.8 Å². The first-order valence-corrected chi connectivity index (χ1v) is 11.8. The van der Waals surface area contributed by atoms with E-state index in [4.69, 9.17) is 5.11 Å². The summed E-state index contributed by atoms with van der Waals surface area (Å²) in [5.74, 6) is -2.20.